The standard InChI is InChI=1S/C16H26N2O4S/c1-4-8-16(2)9-5-10-18(12-16)15(19)14-7-6-13(22-14)11-17-23(3,20)21/h6-7,17H,4-5,8-12H2,1-3H3/t16-/m1/s1. The van der Waals surface area contributed by atoms with Gasteiger partial charge in [0.05, 0.1) is 12.8 Å². The molecule has 1 aromatic rings. The van der Waals surface area contributed by atoms with Crippen LogP contribution in [0.15, 0.2) is 16.5 Å². The Balaban J connectivity index is 2.01. The first-order valence-electron chi connectivity index (χ1n) is 8.05. The molecule has 2 heterocycles. The highest BCUT2D eigenvalue weighted by atomic mass is 32.2. The summed E-state index contributed by atoms with van der Waals surface area (Å²) in [7, 11) is -3.28. The zero-order chi connectivity index (χ0) is 17.1. The van der Waals surface area contributed by atoms with Gasteiger partial charge in [0.1, 0.15) is 5.76 Å². The lowest BCUT2D eigenvalue weighted by Crippen LogP contribution is -2.44. The van der Waals surface area contributed by atoms with Crippen LogP contribution in [0.25, 0.3) is 0 Å². The maximum atomic E-state index is 12.6. The van der Waals surface area contributed by atoms with E-state index in [4.69, 9.17) is 4.42 Å². The lowest BCUT2D eigenvalue weighted by Gasteiger charge is -2.40. The van der Waals surface area contributed by atoms with Gasteiger partial charge in [0, 0.05) is 13.1 Å². The minimum absolute atomic E-state index is 0.0552. The number of sulfonamides is 1. The van der Waals surface area contributed by atoms with E-state index in [1.807, 2.05) is 4.90 Å². The first-order chi connectivity index (χ1) is 10.7. The summed E-state index contributed by atoms with van der Waals surface area (Å²) < 4.78 is 30.1. The summed E-state index contributed by atoms with van der Waals surface area (Å²) in [6, 6.07) is 3.26. The van der Waals surface area contributed by atoms with Gasteiger partial charge < -0.3 is 9.32 Å². The Morgan fingerprint density at radius 2 is 2.17 bits per heavy atom. The molecule has 7 heteroatoms. The highest BCUT2D eigenvalue weighted by Gasteiger charge is 2.33. The van der Waals surface area contributed by atoms with Gasteiger partial charge in [-0.1, -0.05) is 20.3 Å². The molecule has 1 aliphatic rings. The van der Waals surface area contributed by atoms with Crippen molar-refractivity contribution in [2.45, 2.75) is 46.1 Å². The zero-order valence-electron chi connectivity index (χ0n) is 14.1. The van der Waals surface area contributed by atoms with Crippen molar-refractivity contribution in [3.63, 3.8) is 0 Å². The molecule has 1 N–H and O–H groups in total. The quantitative estimate of drug-likeness (QED) is 0.861. The highest BCUT2D eigenvalue weighted by Crippen LogP contribution is 2.34. The summed E-state index contributed by atoms with van der Waals surface area (Å²) in [4.78, 5) is 14.5. The van der Waals surface area contributed by atoms with E-state index in [0.717, 1.165) is 45.0 Å². The van der Waals surface area contributed by atoms with Gasteiger partial charge in [-0.3, -0.25) is 4.79 Å². The van der Waals surface area contributed by atoms with E-state index in [-0.39, 0.29) is 23.6 Å². The van der Waals surface area contributed by atoms with Crippen molar-refractivity contribution in [1.29, 1.82) is 0 Å². The zero-order valence-corrected chi connectivity index (χ0v) is 14.9. The van der Waals surface area contributed by atoms with Crippen LogP contribution in [0.5, 0.6) is 0 Å². The molecular formula is C16H26N2O4S. The third kappa shape index (κ3) is 5.07. The summed E-state index contributed by atoms with van der Waals surface area (Å²) >= 11 is 0. The Labute approximate surface area is 138 Å². The number of carbonyl (C=O) groups excluding carboxylic acids is 1. The molecule has 0 saturated carbocycles. The number of rotatable bonds is 6. The molecule has 0 radical (unpaired) electrons. The van der Waals surface area contributed by atoms with Crippen LogP contribution in [-0.4, -0.2) is 38.6 Å². The van der Waals surface area contributed by atoms with Gasteiger partial charge in [-0.2, -0.15) is 0 Å². The van der Waals surface area contributed by atoms with E-state index in [1.165, 1.54) is 0 Å². The van der Waals surface area contributed by atoms with E-state index in [2.05, 4.69) is 18.6 Å². The number of nitrogens with one attached hydrogen (secondary N) is 1. The monoisotopic (exact) mass is 342 g/mol. The van der Waals surface area contributed by atoms with Crippen molar-refractivity contribution in [3.8, 4) is 0 Å². The van der Waals surface area contributed by atoms with Gasteiger partial charge >= 0.3 is 0 Å². The summed E-state index contributed by atoms with van der Waals surface area (Å²) in [6.07, 6.45) is 5.46. The van der Waals surface area contributed by atoms with Gasteiger partial charge in [0.15, 0.2) is 5.76 Å². The molecule has 0 bridgehead atoms. The van der Waals surface area contributed by atoms with Gasteiger partial charge in [0.2, 0.25) is 10.0 Å². The van der Waals surface area contributed by atoms with Crippen molar-refractivity contribution in [1.82, 2.24) is 9.62 Å². The third-order valence-electron chi connectivity index (χ3n) is 4.30. The molecule has 1 amide bonds. The normalized spacial score (nSPS) is 22.3. The molecule has 2 rings (SSSR count). The van der Waals surface area contributed by atoms with Crippen LogP contribution in [0.2, 0.25) is 0 Å². The predicted molar refractivity (Wildman–Crippen MR) is 88.5 cm³/mol. The van der Waals surface area contributed by atoms with Crippen LogP contribution in [0.3, 0.4) is 0 Å². The lowest BCUT2D eigenvalue weighted by atomic mass is 9.78. The fraction of sp³-hybridized carbons (Fsp3) is 0.688. The number of piperidine rings is 1. The fourth-order valence-corrected chi connectivity index (χ4v) is 3.65. The first kappa shape index (κ1) is 18.0. The Bertz CT molecular complexity index is 649. The molecule has 1 atom stereocenters. The van der Waals surface area contributed by atoms with Gasteiger partial charge in [-0.25, -0.2) is 13.1 Å². The van der Waals surface area contributed by atoms with Crippen molar-refractivity contribution >= 4 is 15.9 Å². The van der Waals surface area contributed by atoms with Crippen LogP contribution < -0.4 is 4.72 Å². The van der Waals surface area contributed by atoms with Gasteiger partial charge in [-0.05, 0) is 36.8 Å². The SMILES string of the molecule is CCC[C@]1(C)CCCN(C(=O)c2ccc(CNS(C)(=O)=O)o2)C1. The molecule has 1 aromatic heterocycles. The number of carbonyl (C=O) groups is 1. The molecule has 6 nitrogen and oxygen atoms in total. The molecule has 130 valence electrons. The van der Waals surface area contributed by atoms with Crippen LogP contribution in [0, 0.1) is 5.41 Å². The topological polar surface area (TPSA) is 79.6 Å². The smallest absolute Gasteiger partial charge is 0.289 e. The van der Waals surface area contributed by atoms with Crippen molar-refractivity contribution in [2.24, 2.45) is 5.41 Å². The average Bonchev–Trinajstić information content (AvgIpc) is 2.92. The predicted octanol–water partition coefficient (Wildman–Crippen LogP) is 2.37. The largest absolute Gasteiger partial charge is 0.455 e. The highest BCUT2D eigenvalue weighted by molar-refractivity contribution is 7.88. The molecule has 1 saturated heterocycles. The fourth-order valence-electron chi connectivity index (χ4n) is 3.24. The lowest BCUT2D eigenvalue weighted by molar-refractivity contribution is 0.0499. The molecule has 0 unspecified atom stereocenters. The summed E-state index contributed by atoms with van der Waals surface area (Å²) in [6.45, 7) is 5.95. The Morgan fingerprint density at radius 3 is 2.83 bits per heavy atom. The summed E-state index contributed by atoms with van der Waals surface area (Å²) in [5.74, 6) is 0.598. The van der Waals surface area contributed by atoms with Crippen LogP contribution in [-0.2, 0) is 16.6 Å². The second-order valence-corrected chi connectivity index (χ2v) is 8.58. The van der Waals surface area contributed by atoms with E-state index >= 15 is 0 Å². The molecule has 1 fully saturated rings. The van der Waals surface area contributed by atoms with E-state index in [1.54, 1.807) is 12.1 Å². The van der Waals surface area contributed by atoms with Crippen LogP contribution in [0.4, 0.5) is 0 Å². The average molecular weight is 342 g/mol. The van der Waals surface area contributed by atoms with Crippen LogP contribution in [0.1, 0.15) is 55.8 Å². The van der Waals surface area contributed by atoms with Gasteiger partial charge in [-0.15, -0.1) is 0 Å². The van der Waals surface area contributed by atoms with Crippen molar-refractivity contribution in [2.75, 3.05) is 19.3 Å². The Kier molecular flexibility index (Phi) is 5.52. The molecular weight excluding hydrogens is 316 g/mol. The Hall–Kier alpha value is -1.34. The minimum atomic E-state index is -3.28. The molecule has 0 aromatic carbocycles. The number of likely N-dealkylation sites (tertiary alicyclic amines) is 1. The third-order valence-corrected chi connectivity index (χ3v) is 4.97. The molecule has 0 aliphatic carbocycles. The maximum absolute atomic E-state index is 12.6. The Morgan fingerprint density at radius 1 is 1.43 bits per heavy atom. The van der Waals surface area contributed by atoms with E-state index < -0.39 is 10.0 Å². The minimum Gasteiger partial charge on any atom is -0.455 e. The number of hydrogen-bond acceptors (Lipinski definition) is 4. The molecule has 23 heavy (non-hydrogen) atoms. The summed E-state index contributed by atoms with van der Waals surface area (Å²) in [5.41, 5.74) is 0.177. The van der Waals surface area contributed by atoms with Crippen LogP contribution >= 0.6 is 0 Å². The second-order valence-electron chi connectivity index (χ2n) is 6.75. The van der Waals surface area contributed by atoms with E-state index in [0.29, 0.717) is 5.76 Å². The van der Waals surface area contributed by atoms with Crippen molar-refractivity contribution in [3.05, 3.63) is 23.7 Å². The molecule has 0 spiro atoms. The van der Waals surface area contributed by atoms with E-state index in [9.17, 15) is 13.2 Å². The maximum Gasteiger partial charge on any atom is 0.289 e. The number of amides is 1. The van der Waals surface area contributed by atoms with Crippen molar-refractivity contribution < 1.29 is 17.6 Å². The summed E-state index contributed by atoms with van der Waals surface area (Å²) in [5, 5.41) is 0. The second kappa shape index (κ2) is 7.05. The number of nitrogens with zero attached hydrogens (tertiary/aromatic N) is 1. The number of hydrogen-bond donors (Lipinski definition) is 1. The first-order valence-corrected chi connectivity index (χ1v) is 9.94. The number of furan rings is 1. The molecule has 1 aliphatic heterocycles. The van der Waals surface area contributed by atoms with Gasteiger partial charge in [0.25, 0.3) is 5.91 Å².